The fourth-order valence-electron chi connectivity index (χ4n) is 3.50. The van der Waals surface area contributed by atoms with E-state index in [4.69, 9.17) is 4.99 Å². The second-order valence-electron chi connectivity index (χ2n) is 7.53. The Balaban J connectivity index is 0.00000450. The maximum absolute atomic E-state index is 4.83. The summed E-state index contributed by atoms with van der Waals surface area (Å²) in [7, 11) is 2.14. The number of unbranched alkanes of at least 4 members (excludes halogenated alkanes) is 3. The molecule has 0 aliphatic carbocycles. The molecule has 0 saturated carbocycles. The number of guanidine groups is 1. The molecule has 1 aromatic heterocycles. The molecule has 0 bridgehead atoms. The summed E-state index contributed by atoms with van der Waals surface area (Å²) in [4.78, 5) is 20.6. The minimum atomic E-state index is 0. The van der Waals surface area contributed by atoms with Crippen LogP contribution in [0.5, 0.6) is 0 Å². The smallest absolute Gasteiger partial charge is 0.225 e. The number of nitrogens with one attached hydrogen (secondary N) is 1. The monoisotopic (exact) mass is 529 g/mol. The summed E-state index contributed by atoms with van der Waals surface area (Å²) in [6.45, 7) is 13.9. The third kappa shape index (κ3) is 10.1. The van der Waals surface area contributed by atoms with Crippen molar-refractivity contribution in [1.29, 1.82) is 0 Å². The lowest BCUT2D eigenvalue weighted by Crippen LogP contribution is -2.47. The van der Waals surface area contributed by atoms with Gasteiger partial charge in [-0.2, -0.15) is 0 Å². The molecular formula is C22H40IN7. The molecule has 7 nitrogen and oxygen atoms in total. The number of rotatable bonds is 12. The zero-order chi connectivity index (χ0) is 20.7. The van der Waals surface area contributed by atoms with E-state index in [2.05, 4.69) is 50.5 Å². The average Bonchev–Trinajstić information content (AvgIpc) is 2.76. The number of halogens is 1. The van der Waals surface area contributed by atoms with Crippen LogP contribution in [-0.4, -0.2) is 85.1 Å². The lowest BCUT2D eigenvalue weighted by atomic mass is 10.2. The Kier molecular flexibility index (Phi) is 14.5. The van der Waals surface area contributed by atoms with Crippen molar-refractivity contribution in [3.63, 3.8) is 0 Å². The SMILES string of the molecule is C=CCCCCCN(C)C(=NCCCN1CCN(c2ncccn2)CC1)NCC.I. The molecule has 30 heavy (non-hydrogen) atoms. The first-order valence-corrected chi connectivity index (χ1v) is 11.1. The van der Waals surface area contributed by atoms with Gasteiger partial charge in [-0.1, -0.05) is 12.5 Å². The van der Waals surface area contributed by atoms with Crippen LogP contribution in [-0.2, 0) is 0 Å². The van der Waals surface area contributed by atoms with E-state index in [1.165, 1.54) is 19.3 Å². The average molecular weight is 530 g/mol. The Morgan fingerprint density at radius 3 is 2.57 bits per heavy atom. The molecule has 1 aliphatic rings. The zero-order valence-electron chi connectivity index (χ0n) is 18.8. The molecule has 0 radical (unpaired) electrons. The van der Waals surface area contributed by atoms with E-state index in [9.17, 15) is 0 Å². The lowest BCUT2D eigenvalue weighted by molar-refractivity contribution is 0.255. The molecule has 2 heterocycles. The van der Waals surface area contributed by atoms with E-state index in [0.29, 0.717) is 0 Å². The summed E-state index contributed by atoms with van der Waals surface area (Å²) in [5.74, 6) is 1.88. The van der Waals surface area contributed by atoms with Crippen molar-refractivity contribution in [3.05, 3.63) is 31.1 Å². The van der Waals surface area contributed by atoms with Gasteiger partial charge in [0.2, 0.25) is 5.95 Å². The van der Waals surface area contributed by atoms with Crippen LogP contribution in [0.3, 0.4) is 0 Å². The quantitative estimate of drug-likeness (QED) is 0.148. The van der Waals surface area contributed by atoms with E-state index in [1.54, 1.807) is 0 Å². The topological polar surface area (TPSA) is 59.9 Å². The van der Waals surface area contributed by atoms with Gasteiger partial charge >= 0.3 is 0 Å². The van der Waals surface area contributed by atoms with Crippen molar-refractivity contribution in [2.45, 2.75) is 39.0 Å². The Morgan fingerprint density at radius 2 is 1.90 bits per heavy atom. The van der Waals surface area contributed by atoms with Crippen molar-refractivity contribution < 1.29 is 0 Å². The number of nitrogens with zero attached hydrogens (tertiary/aromatic N) is 6. The summed E-state index contributed by atoms with van der Waals surface area (Å²) < 4.78 is 0. The normalized spacial score (nSPS) is 14.9. The second kappa shape index (κ2) is 16.3. The summed E-state index contributed by atoms with van der Waals surface area (Å²) in [6, 6.07) is 1.86. The standard InChI is InChI=1S/C22H39N7.HI/c1-4-6-7-8-9-15-27(3)21(23-5-2)24-14-11-16-28-17-19-29(20-18-28)22-25-12-10-13-26-22;/h4,10,12-13H,1,5-9,11,14-20H2,2-3H3,(H,23,24);1H. The summed E-state index contributed by atoms with van der Waals surface area (Å²) in [6.07, 6.45) is 11.5. The Morgan fingerprint density at radius 1 is 1.17 bits per heavy atom. The Labute approximate surface area is 200 Å². The van der Waals surface area contributed by atoms with Crippen molar-refractivity contribution in [2.75, 3.05) is 64.3 Å². The number of aromatic nitrogens is 2. The van der Waals surface area contributed by atoms with Gasteiger partial charge in [0.15, 0.2) is 5.96 Å². The predicted molar refractivity (Wildman–Crippen MR) is 138 cm³/mol. The summed E-state index contributed by atoms with van der Waals surface area (Å²) in [5, 5.41) is 3.42. The number of piperazine rings is 1. The molecule has 170 valence electrons. The highest BCUT2D eigenvalue weighted by Gasteiger charge is 2.18. The number of hydrogen-bond donors (Lipinski definition) is 1. The first-order valence-electron chi connectivity index (χ1n) is 11.1. The van der Waals surface area contributed by atoms with Gasteiger partial charge in [0.25, 0.3) is 0 Å². The van der Waals surface area contributed by atoms with Gasteiger partial charge in [0.1, 0.15) is 0 Å². The molecule has 0 unspecified atom stereocenters. The highest BCUT2D eigenvalue weighted by Crippen LogP contribution is 2.09. The van der Waals surface area contributed by atoms with Gasteiger partial charge in [-0.25, -0.2) is 9.97 Å². The van der Waals surface area contributed by atoms with Crippen molar-refractivity contribution in [1.82, 2.24) is 25.1 Å². The number of aliphatic imine (C=N–C) groups is 1. The van der Waals surface area contributed by atoms with Crippen LogP contribution in [0.4, 0.5) is 5.95 Å². The van der Waals surface area contributed by atoms with Gasteiger partial charge in [-0.15, -0.1) is 30.6 Å². The molecule has 8 heteroatoms. The largest absolute Gasteiger partial charge is 0.357 e. The fourth-order valence-corrected chi connectivity index (χ4v) is 3.50. The van der Waals surface area contributed by atoms with Gasteiger partial charge in [0.05, 0.1) is 0 Å². The molecule has 2 rings (SSSR count). The van der Waals surface area contributed by atoms with Crippen molar-refractivity contribution in [2.24, 2.45) is 4.99 Å². The molecule has 0 aromatic carbocycles. The van der Waals surface area contributed by atoms with Crippen molar-refractivity contribution in [3.8, 4) is 0 Å². The van der Waals surface area contributed by atoms with E-state index >= 15 is 0 Å². The van der Waals surface area contributed by atoms with Gasteiger partial charge in [-0.05, 0) is 38.7 Å². The van der Waals surface area contributed by atoms with E-state index < -0.39 is 0 Å². The van der Waals surface area contributed by atoms with Crippen LogP contribution in [0.25, 0.3) is 0 Å². The van der Waals surface area contributed by atoms with Crippen LogP contribution in [0, 0.1) is 0 Å². The maximum Gasteiger partial charge on any atom is 0.225 e. The van der Waals surface area contributed by atoms with E-state index in [0.717, 1.165) is 77.1 Å². The van der Waals surface area contributed by atoms with Crippen LogP contribution in [0.2, 0.25) is 0 Å². The first-order chi connectivity index (χ1) is 14.2. The van der Waals surface area contributed by atoms with Crippen molar-refractivity contribution >= 4 is 35.9 Å². The van der Waals surface area contributed by atoms with E-state index in [1.807, 2.05) is 24.5 Å². The van der Waals surface area contributed by atoms with Gasteiger partial charge < -0.3 is 15.1 Å². The van der Waals surface area contributed by atoms with Crippen LogP contribution in [0.1, 0.15) is 39.0 Å². The molecule has 0 amide bonds. The molecule has 1 saturated heterocycles. The highest BCUT2D eigenvalue weighted by molar-refractivity contribution is 14.0. The minimum Gasteiger partial charge on any atom is -0.357 e. The van der Waals surface area contributed by atoms with E-state index in [-0.39, 0.29) is 24.0 Å². The van der Waals surface area contributed by atoms with Crippen LogP contribution >= 0.6 is 24.0 Å². The first kappa shape index (κ1) is 26.6. The summed E-state index contributed by atoms with van der Waals surface area (Å²) in [5.41, 5.74) is 0. The van der Waals surface area contributed by atoms with Crippen LogP contribution < -0.4 is 10.2 Å². The number of anilines is 1. The third-order valence-electron chi connectivity index (χ3n) is 5.20. The molecule has 0 spiro atoms. The second-order valence-corrected chi connectivity index (χ2v) is 7.53. The Bertz CT molecular complexity index is 588. The molecule has 1 aromatic rings. The third-order valence-corrected chi connectivity index (χ3v) is 5.20. The van der Waals surface area contributed by atoms with Gasteiger partial charge in [-0.3, -0.25) is 9.89 Å². The zero-order valence-corrected chi connectivity index (χ0v) is 21.1. The molecule has 1 fully saturated rings. The highest BCUT2D eigenvalue weighted by atomic mass is 127. The summed E-state index contributed by atoms with van der Waals surface area (Å²) >= 11 is 0. The molecule has 1 aliphatic heterocycles. The lowest BCUT2D eigenvalue weighted by Gasteiger charge is -2.34. The molecule has 1 N–H and O–H groups in total. The van der Waals surface area contributed by atoms with Gasteiger partial charge in [0, 0.05) is 71.8 Å². The molecular weight excluding hydrogens is 489 g/mol. The molecule has 0 atom stereocenters. The predicted octanol–water partition coefficient (Wildman–Crippen LogP) is 3.25. The number of hydrogen-bond acceptors (Lipinski definition) is 5. The van der Waals surface area contributed by atoms with Crippen LogP contribution in [0.15, 0.2) is 36.1 Å². The maximum atomic E-state index is 4.83. The fraction of sp³-hybridized carbons (Fsp3) is 0.682. The minimum absolute atomic E-state index is 0. The Hall–Kier alpha value is -1.42. The number of allylic oxidation sites excluding steroid dienone is 1.